The number of piperidine rings is 1. The summed E-state index contributed by atoms with van der Waals surface area (Å²) in [6.45, 7) is 1.47. The average molecular weight is 329 g/mol. The molecule has 2 heterocycles. The smallest absolute Gasteiger partial charge is 0.264 e. The van der Waals surface area contributed by atoms with Gasteiger partial charge in [0.15, 0.2) is 0 Å². The second kappa shape index (κ2) is 7.61. The molecule has 1 amide bonds. The van der Waals surface area contributed by atoms with E-state index in [9.17, 15) is 4.79 Å². The first-order chi connectivity index (χ1) is 9.79. The third-order valence-corrected chi connectivity index (χ3v) is 5.84. The van der Waals surface area contributed by atoms with E-state index in [2.05, 4.69) is 6.07 Å². The van der Waals surface area contributed by atoms with Crippen molar-refractivity contribution in [2.24, 2.45) is 5.73 Å². The summed E-state index contributed by atoms with van der Waals surface area (Å²) in [5.41, 5.74) is 7.27. The highest BCUT2D eigenvalue weighted by atomic mass is 35.5. The van der Waals surface area contributed by atoms with Gasteiger partial charge < -0.3 is 10.6 Å². The highest BCUT2D eigenvalue weighted by Gasteiger charge is 2.28. The van der Waals surface area contributed by atoms with Crippen molar-refractivity contribution >= 4 is 29.7 Å². The molecule has 0 bridgehead atoms. The number of carbonyl (C=O) groups excluding carboxylic acids is 1. The normalized spacial score (nSPS) is 22.1. The average Bonchev–Trinajstić information content (AvgIpc) is 2.77. The maximum atomic E-state index is 12.8. The standard InChI is InChI=1S/C16H24N2OS.ClH/c17-11-13-7-4-5-9-18(13)16(19)15-10-12-6-2-1-3-8-14(12)20-15;/h10,13H,1-9,11,17H2;1H. The number of rotatable bonds is 2. The van der Waals surface area contributed by atoms with Gasteiger partial charge >= 0.3 is 0 Å². The molecule has 1 saturated heterocycles. The van der Waals surface area contributed by atoms with Gasteiger partial charge in [0.05, 0.1) is 4.88 Å². The van der Waals surface area contributed by atoms with E-state index in [1.54, 1.807) is 11.3 Å². The van der Waals surface area contributed by atoms with Gasteiger partial charge in [0.1, 0.15) is 0 Å². The number of aryl methyl sites for hydroxylation is 2. The van der Waals surface area contributed by atoms with Crippen LogP contribution in [0.25, 0.3) is 0 Å². The SMILES string of the molecule is Cl.NCC1CCCCN1C(=O)c1cc2c(s1)CCCCC2. The summed E-state index contributed by atoms with van der Waals surface area (Å²) in [4.78, 5) is 17.2. The molecule has 5 heteroatoms. The maximum Gasteiger partial charge on any atom is 0.264 e. The molecule has 1 aliphatic heterocycles. The molecule has 1 aromatic rings. The Labute approximate surface area is 137 Å². The van der Waals surface area contributed by atoms with Crippen LogP contribution in [-0.2, 0) is 12.8 Å². The van der Waals surface area contributed by atoms with E-state index in [0.29, 0.717) is 6.54 Å². The van der Waals surface area contributed by atoms with E-state index >= 15 is 0 Å². The lowest BCUT2D eigenvalue weighted by Gasteiger charge is -2.34. The second-order valence-electron chi connectivity index (χ2n) is 6.00. The molecule has 2 N–H and O–H groups in total. The first-order valence-corrected chi connectivity index (χ1v) is 8.74. The third-order valence-electron chi connectivity index (χ3n) is 4.62. The highest BCUT2D eigenvalue weighted by molar-refractivity contribution is 7.14. The number of hydrogen-bond acceptors (Lipinski definition) is 3. The molecule has 21 heavy (non-hydrogen) atoms. The minimum atomic E-state index is 0. The molecule has 0 radical (unpaired) electrons. The molecule has 1 aliphatic carbocycles. The Morgan fingerprint density at radius 3 is 2.86 bits per heavy atom. The minimum absolute atomic E-state index is 0. The van der Waals surface area contributed by atoms with Gasteiger partial charge in [-0.15, -0.1) is 23.7 Å². The van der Waals surface area contributed by atoms with E-state index in [-0.39, 0.29) is 24.4 Å². The number of nitrogens with zero attached hydrogens (tertiary/aromatic N) is 1. The number of hydrogen-bond donors (Lipinski definition) is 1. The monoisotopic (exact) mass is 328 g/mol. The number of amides is 1. The Hall–Kier alpha value is -0.580. The lowest BCUT2D eigenvalue weighted by molar-refractivity contribution is 0.0628. The number of likely N-dealkylation sites (tertiary alicyclic amines) is 1. The summed E-state index contributed by atoms with van der Waals surface area (Å²) in [6.07, 6.45) is 9.56. The van der Waals surface area contributed by atoms with Crippen molar-refractivity contribution in [1.82, 2.24) is 4.90 Å². The fraction of sp³-hybridized carbons (Fsp3) is 0.688. The Balaban J connectivity index is 0.00000161. The summed E-state index contributed by atoms with van der Waals surface area (Å²) in [5.74, 6) is 0.221. The lowest BCUT2D eigenvalue weighted by atomic mass is 10.0. The zero-order chi connectivity index (χ0) is 13.9. The van der Waals surface area contributed by atoms with Crippen LogP contribution in [0.4, 0.5) is 0 Å². The molecule has 0 aromatic carbocycles. The largest absolute Gasteiger partial charge is 0.334 e. The van der Waals surface area contributed by atoms with E-state index in [1.165, 1.54) is 36.1 Å². The van der Waals surface area contributed by atoms with Crippen LogP contribution in [0.3, 0.4) is 0 Å². The molecule has 1 fully saturated rings. The maximum absolute atomic E-state index is 12.8. The van der Waals surface area contributed by atoms with Gasteiger partial charge in [-0.25, -0.2) is 0 Å². The molecule has 3 rings (SSSR count). The summed E-state index contributed by atoms with van der Waals surface area (Å²) in [7, 11) is 0. The van der Waals surface area contributed by atoms with Gasteiger partial charge in [0.2, 0.25) is 0 Å². The van der Waals surface area contributed by atoms with Crippen LogP contribution >= 0.6 is 23.7 Å². The van der Waals surface area contributed by atoms with Crippen LogP contribution in [0, 0.1) is 0 Å². The van der Waals surface area contributed by atoms with Crippen molar-refractivity contribution < 1.29 is 4.79 Å². The van der Waals surface area contributed by atoms with E-state index in [0.717, 1.165) is 37.1 Å². The van der Waals surface area contributed by atoms with E-state index < -0.39 is 0 Å². The molecule has 2 aliphatic rings. The second-order valence-corrected chi connectivity index (χ2v) is 7.14. The van der Waals surface area contributed by atoms with Crippen molar-refractivity contribution in [3.8, 4) is 0 Å². The Morgan fingerprint density at radius 2 is 2.05 bits per heavy atom. The first kappa shape index (κ1) is 16.8. The Kier molecular flexibility index (Phi) is 6.08. The van der Waals surface area contributed by atoms with Crippen LogP contribution in [-0.4, -0.2) is 29.9 Å². The van der Waals surface area contributed by atoms with Gasteiger partial charge in [-0.2, -0.15) is 0 Å². The topological polar surface area (TPSA) is 46.3 Å². The predicted octanol–water partition coefficient (Wildman–Crippen LogP) is 3.39. The van der Waals surface area contributed by atoms with Gasteiger partial charge in [-0.3, -0.25) is 4.79 Å². The van der Waals surface area contributed by atoms with Crippen molar-refractivity contribution in [3.05, 3.63) is 21.4 Å². The van der Waals surface area contributed by atoms with Gasteiger partial charge in [0.25, 0.3) is 5.91 Å². The number of thiophene rings is 1. The Morgan fingerprint density at radius 1 is 1.24 bits per heavy atom. The lowest BCUT2D eigenvalue weighted by Crippen LogP contribution is -2.47. The minimum Gasteiger partial charge on any atom is -0.334 e. The summed E-state index contributed by atoms with van der Waals surface area (Å²) >= 11 is 1.73. The molecule has 1 aromatic heterocycles. The summed E-state index contributed by atoms with van der Waals surface area (Å²) in [6, 6.07) is 2.41. The van der Waals surface area contributed by atoms with Crippen LogP contribution in [0.2, 0.25) is 0 Å². The summed E-state index contributed by atoms with van der Waals surface area (Å²) in [5, 5.41) is 0. The number of halogens is 1. The van der Waals surface area contributed by atoms with Crippen molar-refractivity contribution in [3.63, 3.8) is 0 Å². The van der Waals surface area contributed by atoms with Crippen molar-refractivity contribution in [1.29, 1.82) is 0 Å². The van der Waals surface area contributed by atoms with Crippen LogP contribution in [0.5, 0.6) is 0 Å². The Bertz CT molecular complexity index is 465. The predicted molar refractivity (Wildman–Crippen MR) is 90.6 cm³/mol. The third kappa shape index (κ3) is 3.61. The van der Waals surface area contributed by atoms with Crippen molar-refractivity contribution in [2.75, 3.05) is 13.1 Å². The summed E-state index contributed by atoms with van der Waals surface area (Å²) < 4.78 is 0. The number of carbonyl (C=O) groups is 1. The van der Waals surface area contributed by atoms with Crippen LogP contribution in [0.1, 0.15) is 58.6 Å². The molecule has 0 saturated carbocycles. The molecule has 3 nitrogen and oxygen atoms in total. The molecular formula is C16H25ClN2OS. The fourth-order valence-corrected chi connectivity index (χ4v) is 4.64. The van der Waals surface area contributed by atoms with E-state index in [4.69, 9.17) is 5.73 Å². The van der Waals surface area contributed by atoms with Crippen LogP contribution in [0.15, 0.2) is 6.07 Å². The number of nitrogens with two attached hydrogens (primary N) is 1. The number of fused-ring (bicyclic) bond motifs is 1. The van der Waals surface area contributed by atoms with Gasteiger partial charge in [-0.05, 0) is 56.6 Å². The van der Waals surface area contributed by atoms with Crippen molar-refractivity contribution in [2.45, 2.75) is 57.4 Å². The van der Waals surface area contributed by atoms with Gasteiger partial charge in [-0.1, -0.05) is 6.42 Å². The zero-order valence-corrected chi connectivity index (χ0v) is 14.1. The molecule has 1 unspecified atom stereocenters. The fourth-order valence-electron chi connectivity index (χ4n) is 3.43. The zero-order valence-electron chi connectivity index (χ0n) is 12.5. The first-order valence-electron chi connectivity index (χ1n) is 7.92. The van der Waals surface area contributed by atoms with Crippen LogP contribution < -0.4 is 5.73 Å². The van der Waals surface area contributed by atoms with E-state index in [1.807, 2.05) is 4.90 Å². The molecular weight excluding hydrogens is 304 g/mol. The van der Waals surface area contributed by atoms with Gasteiger partial charge in [0, 0.05) is 24.0 Å². The molecule has 118 valence electrons. The highest BCUT2D eigenvalue weighted by Crippen LogP contribution is 2.30. The molecule has 0 spiro atoms. The quantitative estimate of drug-likeness (QED) is 0.846. The molecule has 1 atom stereocenters.